The lowest BCUT2D eigenvalue weighted by Crippen LogP contribution is -2.48. The van der Waals surface area contributed by atoms with Gasteiger partial charge < -0.3 is 10.1 Å². The van der Waals surface area contributed by atoms with Crippen molar-refractivity contribution < 1.29 is 4.74 Å². The molecule has 2 nitrogen and oxygen atoms in total. The number of nitrogens with one attached hydrogen (secondary N) is 1. The summed E-state index contributed by atoms with van der Waals surface area (Å²) in [7, 11) is 0. The highest BCUT2D eigenvalue weighted by Gasteiger charge is 2.48. The molecule has 3 unspecified atom stereocenters. The molecule has 3 atom stereocenters. The first-order chi connectivity index (χ1) is 10.9. The molecule has 2 aromatic rings. The van der Waals surface area contributed by atoms with Crippen LogP contribution in [0.2, 0.25) is 0 Å². The summed E-state index contributed by atoms with van der Waals surface area (Å²) in [6, 6.07) is 21.8. The van der Waals surface area contributed by atoms with Gasteiger partial charge in [0.05, 0.1) is 17.7 Å². The van der Waals surface area contributed by atoms with Crippen LogP contribution in [0.1, 0.15) is 49.0 Å². The molecule has 2 aliphatic heterocycles. The van der Waals surface area contributed by atoms with Crippen molar-refractivity contribution in [1.82, 2.24) is 5.32 Å². The number of hydrogen-bond acceptors (Lipinski definition) is 2. The number of hydrogen-bond donors (Lipinski definition) is 1. The Bertz CT molecular complexity index is 612. The lowest BCUT2D eigenvalue weighted by molar-refractivity contribution is -0.0845. The van der Waals surface area contributed by atoms with Gasteiger partial charge in [0.15, 0.2) is 0 Å². The maximum atomic E-state index is 6.68. The van der Waals surface area contributed by atoms with Gasteiger partial charge in [0.25, 0.3) is 0 Å². The highest BCUT2D eigenvalue weighted by Crippen LogP contribution is 2.49. The highest BCUT2D eigenvalue weighted by molar-refractivity contribution is 5.26. The van der Waals surface area contributed by atoms with Gasteiger partial charge in [-0.25, -0.2) is 0 Å². The van der Waals surface area contributed by atoms with Crippen molar-refractivity contribution in [3.63, 3.8) is 0 Å². The first kappa shape index (κ1) is 14.0. The number of benzene rings is 2. The molecule has 0 saturated carbocycles. The van der Waals surface area contributed by atoms with E-state index < -0.39 is 0 Å². The average molecular weight is 293 g/mol. The standard InChI is InChI=1S/C20H23NO/c1-3-8-16(9-4-1)18-12-14-20(22-18)13-7-15-21-19(20)17-10-5-2-6-11-17/h1-6,8-11,18-19,21H,7,12-15H2. The van der Waals surface area contributed by atoms with Crippen molar-refractivity contribution in [2.75, 3.05) is 6.54 Å². The third-order valence-corrected chi connectivity index (χ3v) is 5.16. The van der Waals surface area contributed by atoms with E-state index >= 15 is 0 Å². The Kier molecular flexibility index (Phi) is 3.73. The summed E-state index contributed by atoms with van der Waals surface area (Å²) in [5.41, 5.74) is 2.63. The van der Waals surface area contributed by atoms with E-state index in [9.17, 15) is 0 Å². The number of rotatable bonds is 2. The van der Waals surface area contributed by atoms with Crippen LogP contribution in [0.3, 0.4) is 0 Å². The Morgan fingerprint density at radius 2 is 1.55 bits per heavy atom. The zero-order valence-electron chi connectivity index (χ0n) is 12.9. The van der Waals surface area contributed by atoms with E-state index in [0.29, 0.717) is 6.04 Å². The Hall–Kier alpha value is -1.64. The molecule has 2 aromatic carbocycles. The zero-order chi connectivity index (χ0) is 14.8. The maximum Gasteiger partial charge on any atom is 0.0886 e. The van der Waals surface area contributed by atoms with E-state index in [1.165, 1.54) is 17.5 Å². The van der Waals surface area contributed by atoms with E-state index in [2.05, 4.69) is 66.0 Å². The van der Waals surface area contributed by atoms with E-state index in [1.54, 1.807) is 0 Å². The van der Waals surface area contributed by atoms with E-state index in [0.717, 1.165) is 25.8 Å². The van der Waals surface area contributed by atoms with Crippen LogP contribution >= 0.6 is 0 Å². The molecular weight excluding hydrogens is 270 g/mol. The summed E-state index contributed by atoms with van der Waals surface area (Å²) in [5.74, 6) is 0. The fourth-order valence-corrected chi connectivity index (χ4v) is 4.11. The van der Waals surface area contributed by atoms with E-state index in [1.807, 2.05) is 0 Å². The molecular formula is C20H23NO. The van der Waals surface area contributed by atoms with Crippen LogP contribution in [0.5, 0.6) is 0 Å². The summed E-state index contributed by atoms with van der Waals surface area (Å²) in [6.07, 6.45) is 4.86. The molecule has 0 aromatic heterocycles. The molecule has 4 rings (SSSR count). The second-order valence-electron chi connectivity index (χ2n) is 6.52. The summed E-state index contributed by atoms with van der Waals surface area (Å²) in [4.78, 5) is 0. The van der Waals surface area contributed by atoms with E-state index in [4.69, 9.17) is 4.74 Å². The molecule has 2 heteroatoms. The molecule has 114 valence electrons. The smallest absolute Gasteiger partial charge is 0.0886 e. The third kappa shape index (κ3) is 2.47. The van der Waals surface area contributed by atoms with Crippen LogP contribution < -0.4 is 5.32 Å². The van der Waals surface area contributed by atoms with Crippen LogP contribution in [0, 0.1) is 0 Å². The van der Waals surface area contributed by atoms with Gasteiger partial charge in [-0.1, -0.05) is 60.7 Å². The van der Waals surface area contributed by atoms with Crippen molar-refractivity contribution >= 4 is 0 Å². The minimum Gasteiger partial charge on any atom is -0.365 e. The second-order valence-corrected chi connectivity index (χ2v) is 6.52. The summed E-state index contributed by atoms with van der Waals surface area (Å²) in [5, 5.41) is 3.72. The summed E-state index contributed by atoms with van der Waals surface area (Å²) in [6.45, 7) is 1.08. The minimum atomic E-state index is -0.0416. The predicted molar refractivity (Wildman–Crippen MR) is 88.7 cm³/mol. The monoisotopic (exact) mass is 293 g/mol. The van der Waals surface area contributed by atoms with Crippen LogP contribution in [0.15, 0.2) is 60.7 Å². The van der Waals surface area contributed by atoms with Crippen molar-refractivity contribution in [2.24, 2.45) is 0 Å². The lowest BCUT2D eigenvalue weighted by atomic mass is 9.80. The van der Waals surface area contributed by atoms with Crippen molar-refractivity contribution in [3.8, 4) is 0 Å². The molecule has 2 fully saturated rings. The molecule has 0 aliphatic carbocycles. The third-order valence-electron chi connectivity index (χ3n) is 5.16. The molecule has 2 saturated heterocycles. The Balaban J connectivity index is 1.62. The first-order valence-electron chi connectivity index (χ1n) is 8.38. The van der Waals surface area contributed by atoms with Gasteiger partial charge in [0, 0.05) is 0 Å². The van der Waals surface area contributed by atoms with Crippen molar-refractivity contribution in [2.45, 2.75) is 43.4 Å². The van der Waals surface area contributed by atoms with Gasteiger partial charge in [-0.15, -0.1) is 0 Å². The Morgan fingerprint density at radius 1 is 0.864 bits per heavy atom. The zero-order valence-corrected chi connectivity index (χ0v) is 12.9. The van der Waals surface area contributed by atoms with E-state index in [-0.39, 0.29) is 11.7 Å². The average Bonchev–Trinajstić information content (AvgIpc) is 3.01. The molecule has 0 amide bonds. The van der Waals surface area contributed by atoms with Crippen LogP contribution in [0.4, 0.5) is 0 Å². The largest absolute Gasteiger partial charge is 0.365 e. The van der Waals surface area contributed by atoms with Gasteiger partial charge in [-0.2, -0.15) is 0 Å². The normalized spacial score (nSPS) is 31.5. The highest BCUT2D eigenvalue weighted by atomic mass is 16.5. The molecule has 2 aliphatic rings. The fourth-order valence-electron chi connectivity index (χ4n) is 4.11. The van der Waals surface area contributed by atoms with Gasteiger partial charge in [0.2, 0.25) is 0 Å². The Morgan fingerprint density at radius 3 is 2.27 bits per heavy atom. The Labute approximate surface area is 132 Å². The minimum absolute atomic E-state index is 0.0416. The van der Waals surface area contributed by atoms with Gasteiger partial charge in [-0.3, -0.25) is 0 Å². The van der Waals surface area contributed by atoms with Gasteiger partial charge in [-0.05, 0) is 43.4 Å². The SMILES string of the molecule is c1ccc(C2CCC3(CCCNC3c3ccccc3)O2)cc1. The van der Waals surface area contributed by atoms with Crippen LogP contribution in [-0.4, -0.2) is 12.1 Å². The molecule has 1 N–H and O–H groups in total. The maximum absolute atomic E-state index is 6.68. The number of piperidine rings is 1. The van der Waals surface area contributed by atoms with Gasteiger partial charge in [0.1, 0.15) is 0 Å². The van der Waals surface area contributed by atoms with Crippen molar-refractivity contribution in [1.29, 1.82) is 0 Å². The molecule has 22 heavy (non-hydrogen) atoms. The number of ether oxygens (including phenoxy) is 1. The fraction of sp³-hybridized carbons (Fsp3) is 0.400. The molecule has 1 spiro atoms. The molecule has 2 heterocycles. The molecule has 0 bridgehead atoms. The lowest BCUT2D eigenvalue weighted by Gasteiger charge is -2.42. The topological polar surface area (TPSA) is 21.3 Å². The van der Waals surface area contributed by atoms with Gasteiger partial charge >= 0.3 is 0 Å². The summed E-state index contributed by atoms with van der Waals surface area (Å²) < 4.78 is 6.68. The van der Waals surface area contributed by atoms with Crippen LogP contribution in [0.25, 0.3) is 0 Å². The summed E-state index contributed by atoms with van der Waals surface area (Å²) >= 11 is 0. The molecule has 0 radical (unpaired) electrons. The second kappa shape index (κ2) is 5.86. The first-order valence-corrected chi connectivity index (χ1v) is 8.38. The van der Waals surface area contributed by atoms with Crippen LogP contribution in [-0.2, 0) is 4.74 Å². The predicted octanol–water partition coefficient (Wildman–Crippen LogP) is 4.40. The van der Waals surface area contributed by atoms with Crippen molar-refractivity contribution in [3.05, 3.63) is 71.8 Å². The quantitative estimate of drug-likeness (QED) is 0.886.